The van der Waals surface area contributed by atoms with Crippen LogP contribution in [0.25, 0.3) is 0 Å². The van der Waals surface area contributed by atoms with Crippen molar-refractivity contribution >= 4 is 5.97 Å². The van der Waals surface area contributed by atoms with Crippen molar-refractivity contribution in [3.63, 3.8) is 0 Å². The predicted octanol–water partition coefficient (Wildman–Crippen LogP) is -0.647. The minimum Gasteiger partial charge on any atom is -0.480 e. The second-order valence-electron chi connectivity index (χ2n) is 2.74. The molecule has 0 aliphatic heterocycles. The zero-order valence-corrected chi connectivity index (χ0v) is 7.37. The van der Waals surface area contributed by atoms with Crippen LogP contribution in [0.15, 0.2) is 0 Å². The Hall–Kier alpha value is -1.05. The third-order valence-corrected chi connectivity index (χ3v) is 1.16. The minimum absolute atomic E-state index is 0.211. The number of rotatable bonds is 3. The number of carbonyl (C=O) groups is 1. The van der Waals surface area contributed by atoms with Crippen LogP contribution in [0.2, 0.25) is 0 Å². The lowest BCUT2D eigenvalue weighted by Gasteiger charge is -2.01. The van der Waals surface area contributed by atoms with Crippen LogP contribution in [-0.2, 0) is 4.79 Å². The molecule has 0 aromatic heterocycles. The van der Waals surface area contributed by atoms with E-state index in [1.54, 1.807) is 0 Å². The molecule has 0 radical (unpaired) electrons. The third-order valence-electron chi connectivity index (χ3n) is 1.16. The minimum atomic E-state index is -1.01. The summed E-state index contributed by atoms with van der Waals surface area (Å²) in [7, 11) is 3.79. The van der Waals surface area contributed by atoms with Gasteiger partial charge in [0, 0.05) is 6.42 Å². The Balaban J connectivity index is 3.64. The lowest BCUT2D eigenvalue weighted by molar-refractivity contribution is -0.138. The van der Waals surface area contributed by atoms with E-state index in [4.69, 9.17) is 10.8 Å². The highest BCUT2D eigenvalue weighted by Gasteiger charge is 2.07. The summed E-state index contributed by atoms with van der Waals surface area (Å²) in [5.74, 6) is 4.50. The SMILES string of the molecule is CN(C)CC#CCC(N)C(=O)O. The zero-order chi connectivity index (χ0) is 9.56. The van der Waals surface area contributed by atoms with Gasteiger partial charge in [0.25, 0.3) is 0 Å². The van der Waals surface area contributed by atoms with Gasteiger partial charge in [0.1, 0.15) is 6.04 Å². The van der Waals surface area contributed by atoms with Crippen molar-refractivity contribution in [3.05, 3.63) is 0 Å². The summed E-state index contributed by atoms with van der Waals surface area (Å²) in [5.41, 5.74) is 5.22. The molecule has 4 heteroatoms. The number of hydrogen-bond donors (Lipinski definition) is 2. The van der Waals surface area contributed by atoms with Gasteiger partial charge in [-0.2, -0.15) is 0 Å². The van der Waals surface area contributed by atoms with Crippen molar-refractivity contribution in [1.29, 1.82) is 0 Å². The molecule has 1 unspecified atom stereocenters. The first kappa shape index (κ1) is 11.0. The van der Waals surface area contributed by atoms with E-state index in [0.29, 0.717) is 6.54 Å². The van der Waals surface area contributed by atoms with Crippen LogP contribution in [0.1, 0.15) is 6.42 Å². The van der Waals surface area contributed by atoms with Crippen LogP contribution in [0.5, 0.6) is 0 Å². The molecule has 0 saturated heterocycles. The van der Waals surface area contributed by atoms with Crippen LogP contribution in [0.3, 0.4) is 0 Å². The number of aliphatic carboxylic acids is 1. The van der Waals surface area contributed by atoms with Gasteiger partial charge in [-0.1, -0.05) is 11.8 Å². The van der Waals surface area contributed by atoms with Gasteiger partial charge >= 0.3 is 5.97 Å². The van der Waals surface area contributed by atoms with Gasteiger partial charge in [-0.15, -0.1) is 0 Å². The van der Waals surface area contributed by atoms with Gasteiger partial charge in [0.05, 0.1) is 6.54 Å². The molecule has 0 saturated carbocycles. The van der Waals surface area contributed by atoms with Gasteiger partial charge in [0.15, 0.2) is 0 Å². The Morgan fingerprint density at radius 3 is 2.58 bits per heavy atom. The van der Waals surface area contributed by atoms with Crippen molar-refractivity contribution in [1.82, 2.24) is 4.90 Å². The van der Waals surface area contributed by atoms with Crippen molar-refractivity contribution < 1.29 is 9.90 Å². The summed E-state index contributed by atoms with van der Waals surface area (Å²) in [6.45, 7) is 0.631. The first-order chi connectivity index (χ1) is 5.54. The van der Waals surface area contributed by atoms with Crippen LogP contribution >= 0.6 is 0 Å². The van der Waals surface area contributed by atoms with Crippen LogP contribution in [0, 0.1) is 11.8 Å². The number of nitrogens with zero attached hydrogens (tertiary/aromatic N) is 1. The van der Waals surface area contributed by atoms with Gasteiger partial charge < -0.3 is 10.8 Å². The Kier molecular flexibility index (Phi) is 5.09. The molecule has 1 atom stereocenters. The largest absolute Gasteiger partial charge is 0.480 e. The Morgan fingerprint density at radius 1 is 1.58 bits per heavy atom. The van der Waals surface area contributed by atoms with Gasteiger partial charge in [0.2, 0.25) is 0 Å². The molecule has 0 heterocycles. The van der Waals surface area contributed by atoms with E-state index in [-0.39, 0.29) is 6.42 Å². The highest BCUT2D eigenvalue weighted by atomic mass is 16.4. The highest BCUT2D eigenvalue weighted by Crippen LogP contribution is 1.84. The number of carboxylic acids is 1. The molecule has 12 heavy (non-hydrogen) atoms. The standard InChI is InChI=1S/C8H14N2O2/c1-10(2)6-4-3-5-7(9)8(11)12/h7H,5-6,9H2,1-2H3,(H,11,12). The van der Waals surface area contributed by atoms with E-state index in [0.717, 1.165) is 0 Å². The maximum absolute atomic E-state index is 10.2. The van der Waals surface area contributed by atoms with Crippen molar-refractivity contribution in [2.75, 3.05) is 20.6 Å². The molecular weight excluding hydrogens is 156 g/mol. The number of hydrogen-bond acceptors (Lipinski definition) is 3. The molecule has 0 aromatic carbocycles. The number of carboxylic acid groups (broad SMARTS) is 1. The Bertz CT molecular complexity index is 203. The molecule has 3 N–H and O–H groups in total. The molecule has 0 aromatic rings. The van der Waals surface area contributed by atoms with E-state index in [2.05, 4.69) is 11.8 Å². The highest BCUT2D eigenvalue weighted by molar-refractivity contribution is 5.73. The van der Waals surface area contributed by atoms with E-state index in [1.165, 1.54) is 0 Å². The van der Waals surface area contributed by atoms with Gasteiger partial charge in [-0.3, -0.25) is 9.69 Å². The monoisotopic (exact) mass is 170 g/mol. The van der Waals surface area contributed by atoms with Gasteiger partial charge in [-0.25, -0.2) is 0 Å². The zero-order valence-electron chi connectivity index (χ0n) is 7.37. The summed E-state index contributed by atoms with van der Waals surface area (Å²) >= 11 is 0. The summed E-state index contributed by atoms with van der Waals surface area (Å²) < 4.78 is 0. The van der Waals surface area contributed by atoms with E-state index in [9.17, 15) is 4.79 Å². The van der Waals surface area contributed by atoms with Crippen molar-refractivity contribution in [2.24, 2.45) is 5.73 Å². The molecule has 0 aliphatic carbocycles. The second-order valence-corrected chi connectivity index (χ2v) is 2.74. The van der Waals surface area contributed by atoms with Gasteiger partial charge in [-0.05, 0) is 14.1 Å². The fourth-order valence-corrected chi connectivity index (χ4v) is 0.483. The fourth-order valence-electron chi connectivity index (χ4n) is 0.483. The van der Waals surface area contributed by atoms with Crippen LogP contribution in [0.4, 0.5) is 0 Å². The van der Waals surface area contributed by atoms with E-state index in [1.807, 2.05) is 19.0 Å². The van der Waals surface area contributed by atoms with Crippen molar-refractivity contribution in [2.45, 2.75) is 12.5 Å². The lowest BCUT2D eigenvalue weighted by atomic mass is 10.2. The molecule has 0 bridgehead atoms. The third kappa shape index (κ3) is 5.71. The summed E-state index contributed by atoms with van der Waals surface area (Å²) in [6, 6.07) is -0.861. The predicted molar refractivity (Wildman–Crippen MR) is 46.6 cm³/mol. The molecule has 0 fully saturated rings. The second kappa shape index (κ2) is 5.58. The molecule has 68 valence electrons. The Labute approximate surface area is 72.3 Å². The molecule has 4 nitrogen and oxygen atoms in total. The summed E-state index contributed by atoms with van der Waals surface area (Å²) in [5, 5.41) is 8.39. The quantitative estimate of drug-likeness (QED) is 0.552. The van der Waals surface area contributed by atoms with Crippen molar-refractivity contribution in [3.8, 4) is 11.8 Å². The maximum atomic E-state index is 10.2. The molecule has 0 aliphatic rings. The van der Waals surface area contributed by atoms with Crippen LogP contribution < -0.4 is 5.73 Å². The normalized spacial score (nSPS) is 12.0. The lowest BCUT2D eigenvalue weighted by Crippen LogP contribution is -2.29. The smallest absolute Gasteiger partial charge is 0.321 e. The van der Waals surface area contributed by atoms with E-state index >= 15 is 0 Å². The molecule has 0 rings (SSSR count). The number of nitrogens with two attached hydrogens (primary N) is 1. The topological polar surface area (TPSA) is 66.6 Å². The summed E-state index contributed by atoms with van der Waals surface area (Å²) in [4.78, 5) is 12.1. The molecule has 0 spiro atoms. The fraction of sp³-hybridized carbons (Fsp3) is 0.625. The molecular formula is C8H14N2O2. The first-order valence-electron chi connectivity index (χ1n) is 3.63. The molecule has 0 amide bonds. The Morgan fingerprint density at radius 2 is 2.17 bits per heavy atom. The average molecular weight is 170 g/mol. The first-order valence-corrected chi connectivity index (χ1v) is 3.63. The van der Waals surface area contributed by atoms with E-state index < -0.39 is 12.0 Å². The van der Waals surface area contributed by atoms with Crippen LogP contribution in [-0.4, -0.2) is 42.7 Å². The maximum Gasteiger partial charge on any atom is 0.321 e. The summed E-state index contributed by atoms with van der Waals surface area (Å²) in [6.07, 6.45) is 0.211. The average Bonchev–Trinajstić information content (AvgIpc) is 1.97.